The maximum atomic E-state index is 12.9. The lowest BCUT2D eigenvalue weighted by Gasteiger charge is -2.21. The Bertz CT molecular complexity index is 669. The molecule has 0 unspecified atom stereocenters. The fourth-order valence-corrected chi connectivity index (χ4v) is 2.13. The van der Waals surface area contributed by atoms with Gasteiger partial charge in [0.15, 0.2) is 0 Å². The highest BCUT2D eigenvalue weighted by molar-refractivity contribution is 5.94. The summed E-state index contributed by atoms with van der Waals surface area (Å²) in [6.07, 6.45) is 0.128. The fourth-order valence-electron chi connectivity index (χ4n) is 2.13. The molecule has 2 aromatic rings. The van der Waals surface area contributed by atoms with E-state index in [1.54, 1.807) is 29.2 Å². The highest BCUT2D eigenvalue weighted by Gasteiger charge is 2.15. The van der Waals surface area contributed by atoms with Crippen LogP contribution in [0.25, 0.3) is 0 Å². The molecule has 0 saturated heterocycles. The topological polar surface area (TPSA) is 63.5 Å². The summed E-state index contributed by atoms with van der Waals surface area (Å²) in [7, 11) is 0. The quantitative estimate of drug-likeness (QED) is 0.628. The highest BCUT2D eigenvalue weighted by atomic mass is 19.1. The molecule has 6 heteroatoms. The van der Waals surface area contributed by atoms with Crippen LogP contribution in [0.2, 0.25) is 0 Å². The second-order valence-corrected chi connectivity index (χ2v) is 4.71. The number of nitro groups is 1. The van der Waals surface area contributed by atoms with Gasteiger partial charge in [-0.1, -0.05) is 12.1 Å². The Kier molecular flexibility index (Phi) is 4.83. The fraction of sp³-hybridized carbons (Fsp3) is 0.188. The maximum absolute atomic E-state index is 12.9. The van der Waals surface area contributed by atoms with Gasteiger partial charge >= 0.3 is 0 Å². The van der Waals surface area contributed by atoms with E-state index in [0.29, 0.717) is 17.8 Å². The Hall–Kier alpha value is -2.76. The molecular formula is C16H15FN2O3. The summed E-state index contributed by atoms with van der Waals surface area (Å²) in [6.45, 7) is 2.29. The summed E-state index contributed by atoms with van der Waals surface area (Å²) >= 11 is 0. The molecule has 0 heterocycles. The molecule has 0 saturated carbocycles. The molecule has 2 aromatic carbocycles. The zero-order chi connectivity index (χ0) is 16.1. The minimum Gasteiger partial charge on any atom is -0.312 e. The normalized spacial score (nSPS) is 10.3. The van der Waals surface area contributed by atoms with Crippen LogP contribution in [-0.2, 0) is 11.2 Å². The molecule has 0 aliphatic heterocycles. The van der Waals surface area contributed by atoms with E-state index in [1.165, 1.54) is 24.3 Å². The van der Waals surface area contributed by atoms with Crippen LogP contribution in [0.15, 0.2) is 48.5 Å². The molecule has 0 fully saturated rings. The SMILES string of the molecule is CCN(C(=O)Cc1ccc([N+](=O)[O-])cc1)c1ccc(F)cc1. The number of benzene rings is 2. The lowest BCUT2D eigenvalue weighted by atomic mass is 10.1. The van der Waals surface area contributed by atoms with Crippen LogP contribution < -0.4 is 4.90 Å². The second-order valence-electron chi connectivity index (χ2n) is 4.71. The number of halogens is 1. The van der Waals surface area contributed by atoms with Gasteiger partial charge in [-0.2, -0.15) is 0 Å². The lowest BCUT2D eigenvalue weighted by molar-refractivity contribution is -0.384. The summed E-state index contributed by atoms with van der Waals surface area (Å²) in [5.74, 6) is -0.509. The van der Waals surface area contributed by atoms with Crippen molar-refractivity contribution in [1.82, 2.24) is 0 Å². The second kappa shape index (κ2) is 6.80. The standard InChI is InChI=1S/C16H15FN2O3/c1-2-18(14-9-5-13(17)6-10-14)16(20)11-12-3-7-15(8-4-12)19(21)22/h3-10H,2,11H2,1H3. The number of carbonyl (C=O) groups excluding carboxylic acids is 1. The Balaban J connectivity index is 2.12. The predicted octanol–water partition coefficient (Wildman–Crippen LogP) is 3.33. The zero-order valence-corrected chi connectivity index (χ0v) is 12.0. The Morgan fingerprint density at radius 3 is 2.23 bits per heavy atom. The lowest BCUT2D eigenvalue weighted by Crippen LogP contribution is -2.31. The number of non-ortho nitro benzene ring substituents is 1. The number of hydrogen-bond donors (Lipinski definition) is 0. The molecule has 5 nitrogen and oxygen atoms in total. The van der Waals surface area contributed by atoms with Crippen LogP contribution in [0.4, 0.5) is 15.8 Å². The summed E-state index contributed by atoms with van der Waals surface area (Å²) < 4.78 is 12.9. The van der Waals surface area contributed by atoms with E-state index in [1.807, 2.05) is 6.92 Å². The van der Waals surface area contributed by atoms with Gasteiger partial charge in [0.25, 0.3) is 5.69 Å². The Morgan fingerprint density at radius 2 is 1.73 bits per heavy atom. The van der Waals surface area contributed by atoms with Crippen molar-refractivity contribution in [2.75, 3.05) is 11.4 Å². The zero-order valence-electron chi connectivity index (χ0n) is 12.0. The molecule has 0 atom stereocenters. The van der Waals surface area contributed by atoms with E-state index in [2.05, 4.69) is 0 Å². The summed E-state index contributed by atoms with van der Waals surface area (Å²) in [5.41, 5.74) is 1.30. The van der Waals surface area contributed by atoms with Crippen molar-refractivity contribution in [2.45, 2.75) is 13.3 Å². The number of hydrogen-bond acceptors (Lipinski definition) is 3. The maximum Gasteiger partial charge on any atom is 0.269 e. The first-order valence-electron chi connectivity index (χ1n) is 6.80. The van der Waals surface area contributed by atoms with Crippen molar-refractivity contribution in [2.24, 2.45) is 0 Å². The van der Waals surface area contributed by atoms with E-state index in [-0.39, 0.29) is 23.8 Å². The van der Waals surface area contributed by atoms with Crippen LogP contribution in [-0.4, -0.2) is 17.4 Å². The van der Waals surface area contributed by atoms with Gasteiger partial charge in [-0.05, 0) is 36.8 Å². The number of nitro benzene ring substituents is 1. The molecule has 0 N–H and O–H groups in total. The molecule has 0 aliphatic rings. The van der Waals surface area contributed by atoms with E-state index >= 15 is 0 Å². The van der Waals surface area contributed by atoms with Crippen LogP contribution in [0.1, 0.15) is 12.5 Å². The van der Waals surface area contributed by atoms with Gasteiger partial charge < -0.3 is 4.90 Å². The van der Waals surface area contributed by atoms with Gasteiger partial charge in [-0.25, -0.2) is 4.39 Å². The molecule has 0 radical (unpaired) electrons. The number of anilines is 1. The van der Waals surface area contributed by atoms with Gasteiger partial charge in [0.05, 0.1) is 11.3 Å². The molecule has 0 aliphatic carbocycles. The van der Waals surface area contributed by atoms with Crippen molar-refractivity contribution >= 4 is 17.3 Å². The average Bonchev–Trinajstić information content (AvgIpc) is 2.50. The van der Waals surface area contributed by atoms with Crippen molar-refractivity contribution in [1.29, 1.82) is 0 Å². The number of rotatable bonds is 5. The van der Waals surface area contributed by atoms with Crippen LogP contribution >= 0.6 is 0 Å². The van der Waals surface area contributed by atoms with Crippen molar-refractivity contribution in [3.63, 3.8) is 0 Å². The van der Waals surface area contributed by atoms with E-state index in [0.717, 1.165) is 0 Å². The monoisotopic (exact) mass is 302 g/mol. The van der Waals surface area contributed by atoms with Gasteiger partial charge in [0.1, 0.15) is 5.82 Å². The summed E-state index contributed by atoms with van der Waals surface area (Å²) in [5, 5.41) is 10.6. The first kappa shape index (κ1) is 15.6. The third-order valence-corrected chi connectivity index (χ3v) is 3.26. The van der Waals surface area contributed by atoms with Gasteiger partial charge in [0.2, 0.25) is 5.91 Å². The number of nitrogens with zero attached hydrogens (tertiary/aromatic N) is 2. The van der Waals surface area contributed by atoms with Gasteiger partial charge in [-0.3, -0.25) is 14.9 Å². The molecule has 0 spiro atoms. The molecular weight excluding hydrogens is 287 g/mol. The number of amides is 1. The first-order chi connectivity index (χ1) is 10.5. The minimum atomic E-state index is -0.484. The smallest absolute Gasteiger partial charge is 0.269 e. The Labute approximate surface area is 127 Å². The van der Waals surface area contributed by atoms with Crippen LogP contribution in [0.5, 0.6) is 0 Å². The molecule has 114 valence electrons. The average molecular weight is 302 g/mol. The highest BCUT2D eigenvalue weighted by Crippen LogP contribution is 2.17. The molecule has 22 heavy (non-hydrogen) atoms. The molecule has 0 aromatic heterocycles. The largest absolute Gasteiger partial charge is 0.312 e. The molecule has 0 bridgehead atoms. The third kappa shape index (κ3) is 3.66. The minimum absolute atomic E-state index is 0.0120. The molecule has 1 amide bonds. The van der Waals surface area contributed by atoms with E-state index in [4.69, 9.17) is 0 Å². The third-order valence-electron chi connectivity index (χ3n) is 3.26. The van der Waals surface area contributed by atoms with E-state index < -0.39 is 4.92 Å². The predicted molar refractivity (Wildman–Crippen MR) is 81.2 cm³/mol. The van der Waals surface area contributed by atoms with E-state index in [9.17, 15) is 19.3 Å². The van der Waals surface area contributed by atoms with Crippen LogP contribution in [0.3, 0.4) is 0 Å². The summed E-state index contributed by atoms with van der Waals surface area (Å²) in [6, 6.07) is 11.6. The number of carbonyl (C=O) groups is 1. The van der Waals surface area contributed by atoms with Crippen molar-refractivity contribution < 1.29 is 14.1 Å². The molecule has 2 rings (SSSR count). The Morgan fingerprint density at radius 1 is 1.14 bits per heavy atom. The van der Waals surface area contributed by atoms with Gasteiger partial charge in [0, 0.05) is 24.4 Å². The van der Waals surface area contributed by atoms with Gasteiger partial charge in [-0.15, -0.1) is 0 Å². The first-order valence-corrected chi connectivity index (χ1v) is 6.80. The number of likely N-dealkylation sites (N-methyl/N-ethyl adjacent to an activating group) is 1. The van der Waals surface area contributed by atoms with Crippen LogP contribution in [0, 0.1) is 15.9 Å². The van der Waals surface area contributed by atoms with Crippen molar-refractivity contribution in [3.8, 4) is 0 Å². The van der Waals surface area contributed by atoms with Crippen molar-refractivity contribution in [3.05, 3.63) is 70.0 Å². The summed E-state index contributed by atoms with van der Waals surface area (Å²) in [4.78, 5) is 24.0.